The molecule has 3 rings (SSSR count). The van der Waals surface area contributed by atoms with Crippen molar-refractivity contribution in [3.63, 3.8) is 0 Å². The molecular weight excluding hydrogens is 358 g/mol. The predicted molar refractivity (Wildman–Crippen MR) is 103 cm³/mol. The molecule has 2 N–H and O–H groups in total. The Morgan fingerprint density at radius 1 is 1.21 bits per heavy atom. The molecule has 0 saturated carbocycles. The number of carbonyl (C=O) groups is 2. The number of ether oxygens (including phenoxy) is 1. The van der Waals surface area contributed by atoms with E-state index in [1.165, 1.54) is 11.0 Å². The van der Waals surface area contributed by atoms with Gasteiger partial charge in [-0.1, -0.05) is 25.1 Å². The Morgan fingerprint density at radius 2 is 1.96 bits per heavy atom. The van der Waals surface area contributed by atoms with Crippen LogP contribution < -0.4 is 10.1 Å². The van der Waals surface area contributed by atoms with E-state index in [0.717, 1.165) is 0 Å². The molecule has 0 spiro atoms. The predicted octanol–water partition coefficient (Wildman–Crippen LogP) is 3.93. The molecule has 0 bridgehead atoms. The minimum absolute atomic E-state index is 0.108. The first-order chi connectivity index (χ1) is 13.5. The Bertz CT molecular complexity index is 908. The maximum atomic E-state index is 12.6. The van der Waals surface area contributed by atoms with Crippen LogP contribution in [0.5, 0.6) is 11.5 Å². The lowest BCUT2D eigenvalue weighted by molar-refractivity contribution is -0.143. The zero-order chi connectivity index (χ0) is 20.1. The molecule has 1 fully saturated rings. The molecular formula is C21H21N3O4. The van der Waals surface area contributed by atoms with E-state index < -0.39 is 11.9 Å². The van der Waals surface area contributed by atoms with Gasteiger partial charge in [0.05, 0.1) is 11.5 Å². The molecule has 1 aliphatic heterocycles. The highest BCUT2D eigenvalue weighted by Crippen LogP contribution is 2.28. The summed E-state index contributed by atoms with van der Waals surface area (Å²) in [5.41, 5.74) is 0.740. The van der Waals surface area contributed by atoms with Gasteiger partial charge in [-0.2, -0.15) is 5.26 Å². The van der Waals surface area contributed by atoms with E-state index in [9.17, 15) is 20.0 Å². The number of carbonyl (C=O) groups excluding carboxylic acids is 1. The van der Waals surface area contributed by atoms with Crippen LogP contribution in [-0.4, -0.2) is 35.1 Å². The Morgan fingerprint density at radius 3 is 2.64 bits per heavy atom. The van der Waals surface area contributed by atoms with Crippen molar-refractivity contribution in [1.29, 1.82) is 5.26 Å². The Hall–Kier alpha value is -3.53. The van der Waals surface area contributed by atoms with Gasteiger partial charge in [-0.25, -0.2) is 4.79 Å². The van der Waals surface area contributed by atoms with Gasteiger partial charge in [-0.05, 0) is 42.7 Å². The number of carboxylic acid groups (broad SMARTS) is 1. The third-order valence-corrected chi connectivity index (χ3v) is 4.62. The number of likely N-dealkylation sites (tertiary alicyclic amines) is 1. The molecule has 7 nitrogen and oxygen atoms in total. The fourth-order valence-electron chi connectivity index (χ4n) is 3.30. The first-order valence-electron chi connectivity index (χ1n) is 9.02. The summed E-state index contributed by atoms with van der Waals surface area (Å²) >= 11 is 0. The molecule has 0 radical (unpaired) electrons. The molecule has 28 heavy (non-hydrogen) atoms. The van der Waals surface area contributed by atoms with Crippen LogP contribution >= 0.6 is 0 Å². The molecule has 2 aromatic rings. The minimum Gasteiger partial charge on any atom is -0.481 e. The zero-order valence-electron chi connectivity index (χ0n) is 15.5. The fourth-order valence-corrected chi connectivity index (χ4v) is 3.30. The molecule has 0 aromatic heterocycles. The second-order valence-electron chi connectivity index (χ2n) is 6.95. The fraction of sp³-hybridized carbons (Fsp3) is 0.286. The smallest absolute Gasteiger partial charge is 0.321 e. The number of nitrogens with zero attached hydrogens (tertiary/aromatic N) is 2. The number of hydrogen-bond donors (Lipinski definition) is 2. The molecule has 7 heteroatoms. The summed E-state index contributed by atoms with van der Waals surface area (Å²) in [6.45, 7) is 2.60. The Kier molecular flexibility index (Phi) is 5.80. The first kappa shape index (κ1) is 19.2. The monoisotopic (exact) mass is 379 g/mol. The lowest BCUT2D eigenvalue weighted by Gasteiger charge is -2.34. The number of aliphatic carboxylic acids is 1. The van der Waals surface area contributed by atoms with Crippen molar-refractivity contribution in [2.24, 2.45) is 11.8 Å². The summed E-state index contributed by atoms with van der Waals surface area (Å²) in [7, 11) is 0. The number of rotatable bonds is 4. The number of nitrogens with one attached hydrogen (secondary N) is 1. The van der Waals surface area contributed by atoms with Gasteiger partial charge in [0, 0.05) is 18.8 Å². The molecule has 2 aromatic carbocycles. The van der Waals surface area contributed by atoms with Crippen LogP contribution in [0.2, 0.25) is 0 Å². The van der Waals surface area contributed by atoms with Gasteiger partial charge in [-0.3, -0.25) is 4.79 Å². The van der Waals surface area contributed by atoms with Crippen molar-refractivity contribution >= 4 is 17.7 Å². The summed E-state index contributed by atoms with van der Waals surface area (Å²) in [4.78, 5) is 25.4. The van der Waals surface area contributed by atoms with E-state index >= 15 is 0 Å². The quantitative estimate of drug-likeness (QED) is 0.838. The summed E-state index contributed by atoms with van der Waals surface area (Å²) in [6, 6.07) is 15.6. The number of piperidine rings is 1. The van der Waals surface area contributed by atoms with Crippen LogP contribution in [-0.2, 0) is 4.79 Å². The average Bonchev–Trinajstić information content (AvgIpc) is 2.69. The largest absolute Gasteiger partial charge is 0.481 e. The van der Waals surface area contributed by atoms with Gasteiger partial charge >= 0.3 is 12.0 Å². The van der Waals surface area contributed by atoms with E-state index in [1.807, 2.05) is 25.1 Å². The summed E-state index contributed by atoms with van der Waals surface area (Å²) in [5, 5.41) is 21.4. The molecule has 2 amide bonds. The van der Waals surface area contributed by atoms with E-state index in [0.29, 0.717) is 30.2 Å². The van der Waals surface area contributed by atoms with E-state index in [1.54, 1.807) is 24.3 Å². The standard InChI is InChI=1S/C21H21N3O4/c1-14-9-16(20(25)26)13-24(12-14)21(27)23-17-7-8-19(15(10-17)11-22)28-18-5-3-2-4-6-18/h2-8,10,14,16H,9,12-13H2,1H3,(H,23,27)(H,25,26). The second-order valence-corrected chi connectivity index (χ2v) is 6.95. The normalized spacial score (nSPS) is 18.8. The van der Waals surface area contributed by atoms with Gasteiger partial charge < -0.3 is 20.1 Å². The highest BCUT2D eigenvalue weighted by molar-refractivity contribution is 5.90. The zero-order valence-corrected chi connectivity index (χ0v) is 15.5. The van der Waals surface area contributed by atoms with Crippen molar-refractivity contribution in [1.82, 2.24) is 4.90 Å². The number of hydrogen-bond acceptors (Lipinski definition) is 4. The highest BCUT2D eigenvalue weighted by Gasteiger charge is 2.31. The number of benzene rings is 2. The molecule has 1 heterocycles. The van der Waals surface area contributed by atoms with E-state index in [4.69, 9.17) is 4.74 Å². The van der Waals surface area contributed by atoms with Gasteiger partial charge in [0.15, 0.2) is 0 Å². The lowest BCUT2D eigenvalue weighted by atomic mass is 9.91. The van der Waals surface area contributed by atoms with Crippen LogP contribution in [0.3, 0.4) is 0 Å². The number of amides is 2. The van der Waals surface area contributed by atoms with Gasteiger partial charge in [-0.15, -0.1) is 0 Å². The Labute approximate surface area is 163 Å². The molecule has 1 aliphatic rings. The van der Waals surface area contributed by atoms with Crippen molar-refractivity contribution in [2.75, 3.05) is 18.4 Å². The second kappa shape index (κ2) is 8.44. The molecule has 2 unspecified atom stereocenters. The number of nitriles is 1. The summed E-state index contributed by atoms with van der Waals surface area (Å²) < 4.78 is 5.72. The maximum absolute atomic E-state index is 12.6. The molecule has 0 aliphatic carbocycles. The van der Waals surface area contributed by atoms with Gasteiger partial charge in [0.2, 0.25) is 0 Å². The number of anilines is 1. The van der Waals surface area contributed by atoms with Crippen LogP contribution in [0.4, 0.5) is 10.5 Å². The van der Waals surface area contributed by atoms with Crippen molar-refractivity contribution in [3.8, 4) is 17.6 Å². The van der Waals surface area contributed by atoms with Crippen molar-refractivity contribution in [3.05, 3.63) is 54.1 Å². The highest BCUT2D eigenvalue weighted by atomic mass is 16.5. The number of urea groups is 1. The third kappa shape index (κ3) is 4.60. The van der Waals surface area contributed by atoms with Crippen LogP contribution in [0.15, 0.2) is 48.5 Å². The van der Waals surface area contributed by atoms with Crippen LogP contribution in [0, 0.1) is 23.2 Å². The van der Waals surface area contributed by atoms with Crippen LogP contribution in [0.25, 0.3) is 0 Å². The van der Waals surface area contributed by atoms with Crippen molar-refractivity contribution in [2.45, 2.75) is 13.3 Å². The maximum Gasteiger partial charge on any atom is 0.321 e. The summed E-state index contributed by atoms with van der Waals surface area (Å²) in [5.74, 6) is -0.344. The SMILES string of the molecule is CC1CC(C(=O)O)CN(C(=O)Nc2ccc(Oc3ccccc3)c(C#N)c2)C1. The average molecular weight is 379 g/mol. The van der Waals surface area contributed by atoms with Gasteiger partial charge in [0.1, 0.15) is 17.6 Å². The molecule has 1 saturated heterocycles. The van der Waals surface area contributed by atoms with Crippen LogP contribution in [0.1, 0.15) is 18.9 Å². The first-order valence-corrected chi connectivity index (χ1v) is 9.02. The van der Waals surface area contributed by atoms with E-state index in [2.05, 4.69) is 11.4 Å². The van der Waals surface area contributed by atoms with Crippen molar-refractivity contribution < 1.29 is 19.4 Å². The molecule has 2 atom stereocenters. The minimum atomic E-state index is -0.890. The lowest BCUT2D eigenvalue weighted by Crippen LogP contribution is -2.47. The van der Waals surface area contributed by atoms with E-state index in [-0.39, 0.29) is 24.1 Å². The molecule has 144 valence electrons. The number of para-hydroxylation sites is 1. The topological polar surface area (TPSA) is 103 Å². The third-order valence-electron chi connectivity index (χ3n) is 4.62. The summed E-state index contributed by atoms with van der Waals surface area (Å²) in [6.07, 6.45) is 0.559. The number of carboxylic acids is 1. The van der Waals surface area contributed by atoms with Gasteiger partial charge in [0.25, 0.3) is 0 Å². The Balaban J connectivity index is 1.71.